The molecule has 0 fully saturated rings. The van der Waals surface area contributed by atoms with Gasteiger partial charge in [0.1, 0.15) is 17.5 Å². The summed E-state index contributed by atoms with van der Waals surface area (Å²) in [7, 11) is 0. The number of hydrogen-bond acceptors (Lipinski definition) is 3. The SMILES string of the molecule is O=C(Cc1cccc(F)c1)Nc1ccc(Nc2cccc(F)c2)nc1. The lowest BCUT2D eigenvalue weighted by Gasteiger charge is -2.08. The molecule has 0 spiro atoms. The van der Waals surface area contributed by atoms with Gasteiger partial charge < -0.3 is 10.6 Å². The van der Waals surface area contributed by atoms with E-state index in [1.165, 1.54) is 30.5 Å². The van der Waals surface area contributed by atoms with Crippen LogP contribution in [0, 0.1) is 11.6 Å². The van der Waals surface area contributed by atoms with Crippen molar-refractivity contribution in [2.24, 2.45) is 0 Å². The van der Waals surface area contributed by atoms with Crippen LogP contribution in [0.1, 0.15) is 5.56 Å². The summed E-state index contributed by atoms with van der Waals surface area (Å²) in [6.45, 7) is 0. The van der Waals surface area contributed by atoms with Crippen LogP contribution in [0.2, 0.25) is 0 Å². The molecular formula is C19H15F2N3O. The number of amides is 1. The van der Waals surface area contributed by atoms with Crippen molar-refractivity contribution in [2.45, 2.75) is 6.42 Å². The number of rotatable bonds is 5. The zero-order valence-corrected chi connectivity index (χ0v) is 13.2. The lowest BCUT2D eigenvalue weighted by Crippen LogP contribution is -2.14. The van der Waals surface area contributed by atoms with Gasteiger partial charge in [0.05, 0.1) is 18.3 Å². The fourth-order valence-corrected chi connectivity index (χ4v) is 2.29. The van der Waals surface area contributed by atoms with Crippen molar-refractivity contribution >= 4 is 23.1 Å². The van der Waals surface area contributed by atoms with Crippen LogP contribution in [-0.2, 0) is 11.2 Å². The van der Waals surface area contributed by atoms with Crippen LogP contribution in [0.25, 0.3) is 0 Å². The minimum absolute atomic E-state index is 0.0705. The van der Waals surface area contributed by atoms with Crippen LogP contribution in [-0.4, -0.2) is 10.9 Å². The van der Waals surface area contributed by atoms with Crippen molar-refractivity contribution in [3.8, 4) is 0 Å². The summed E-state index contributed by atoms with van der Waals surface area (Å²) < 4.78 is 26.3. The number of halogens is 2. The van der Waals surface area contributed by atoms with Gasteiger partial charge in [0, 0.05) is 5.69 Å². The van der Waals surface area contributed by atoms with Crippen molar-refractivity contribution < 1.29 is 13.6 Å². The first-order valence-electron chi connectivity index (χ1n) is 7.61. The Morgan fingerprint density at radius 3 is 2.36 bits per heavy atom. The number of benzene rings is 2. The third kappa shape index (κ3) is 4.84. The van der Waals surface area contributed by atoms with Gasteiger partial charge in [0.2, 0.25) is 5.91 Å². The summed E-state index contributed by atoms with van der Waals surface area (Å²) in [5.74, 6) is -0.460. The second-order valence-corrected chi connectivity index (χ2v) is 5.42. The highest BCUT2D eigenvalue weighted by molar-refractivity contribution is 5.92. The van der Waals surface area contributed by atoms with Crippen LogP contribution in [0.5, 0.6) is 0 Å². The Balaban J connectivity index is 1.59. The molecule has 0 aliphatic carbocycles. The Morgan fingerprint density at radius 1 is 0.920 bits per heavy atom. The van der Waals surface area contributed by atoms with Gasteiger partial charge in [0.15, 0.2) is 0 Å². The van der Waals surface area contributed by atoms with E-state index >= 15 is 0 Å². The number of carbonyl (C=O) groups is 1. The van der Waals surface area contributed by atoms with Gasteiger partial charge in [-0.2, -0.15) is 0 Å². The van der Waals surface area contributed by atoms with Crippen molar-refractivity contribution in [3.63, 3.8) is 0 Å². The molecule has 0 atom stereocenters. The van der Waals surface area contributed by atoms with Crippen LogP contribution in [0.4, 0.5) is 26.0 Å². The maximum atomic E-state index is 13.1. The molecule has 2 N–H and O–H groups in total. The molecule has 0 saturated carbocycles. The molecule has 25 heavy (non-hydrogen) atoms. The molecule has 0 bridgehead atoms. The van der Waals surface area contributed by atoms with Gasteiger partial charge in [-0.15, -0.1) is 0 Å². The van der Waals surface area contributed by atoms with Crippen molar-refractivity contribution in [2.75, 3.05) is 10.6 Å². The Bertz CT molecular complexity index is 882. The highest BCUT2D eigenvalue weighted by Gasteiger charge is 2.06. The smallest absolute Gasteiger partial charge is 0.228 e. The van der Waals surface area contributed by atoms with E-state index in [4.69, 9.17) is 0 Å². The topological polar surface area (TPSA) is 54.0 Å². The molecule has 0 aliphatic rings. The molecule has 1 heterocycles. The highest BCUT2D eigenvalue weighted by Crippen LogP contribution is 2.17. The fourth-order valence-electron chi connectivity index (χ4n) is 2.29. The summed E-state index contributed by atoms with van der Waals surface area (Å²) in [6, 6.07) is 15.3. The average Bonchev–Trinajstić information content (AvgIpc) is 2.57. The van der Waals surface area contributed by atoms with Crippen LogP contribution in [0.15, 0.2) is 66.9 Å². The Morgan fingerprint density at radius 2 is 1.68 bits per heavy atom. The molecule has 0 aliphatic heterocycles. The van der Waals surface area contributed by atoms with E-state index in [2.05, 4.69) is 15.6 Å². The second-order valence-electron chi connectivity index (χ2n) is 5.42. The molecule has 2 aromatic carbocycles. The quantitative estimate of drug-likeness (QED) is 0.729. The van der Waals surface area contributed by atoms with Gasteiger partial charge in [-0.05, 0) is 48.0 Å². The molecule has 6 heteroatoms. The Hall–Kier alpha value is -3.28. The molecule has 0 unspecified atom stereocenters. The van der Waals surface area contributed by atoms with Gasteiger partial charge in [-0.25, -0.2) is 13.8 Å². The van der Waals surface area contributed by atoms with Crippen molar-refractivity contribution in [1.29, 1.82) is 0 Å². The summed E-state index contributed by atoms with van der Waals surface area (Å²) in [5.41, 5.74) is 1.69. The third-order valence-corrected chi connectivity index (χ3v) is 3.40. The van der Waals surface area contributed by atoms with E-state index in [1.807, 2.05) is 0 Å². The summed E-state index contributed by atoms with van der Waals surface area (Å²) >= 11 is 0. The summed E-state index contributed by atoms with van der Waals surface area (Å²) in [4.78, 5) is 16.2. The van der Waals surface area contributed by atoms with Crippen LogP contribution < -0.4 is 10.6 Å². The van der Waals surface area contributed by atoms with Crippen molar-refractivity contribution in [1.82, 2.24) is 4.98 Å². The monoisotopic (exact) mass is 339 g/mol. The lowest BCUT2D eigenvalue weighted by atomic mass is 10.1. The molecule has 0 radical (unpaired) electrons. The van der Waals surface area contributed by atoms with Crippen molar-refractivity contribution in [3.05, 3.63) is 84.1 Å². The van der Waals surface area contributed by atoms with E-state index < -0.39 is 0 Å². The normalized spacial score (nSPS) is 10.3. The molecular weight excluding hydrogens is 324 g/mol. The largest absolute Gasteiger partial charge is 0.340 e. The molecule has 1 aromatic heterocycles. The summed E-state index contributed by atoms with van der Waals surface area (Å²) in [5, 5.41) is 5.66. The molecule has 126 valence electrons. The number of nitrogens with zero attached hydrogens (tertiary/aromatic N) is 1. The van der Waals surface area contributed by atoms with Crippen LogP contribution in [0.3, 0.4) is 0 Å². The number of aromatic nitrogens is 1. The van der Waals surface area contributed by atoms with Gasteiger partial charge in [0.25, 0.3) is 0 Å². The number of anilines is 3. The molecule has 3 aromatic rings. The zero-order chi connectivity index (χ0) is 17.6. The molecule has 1 amide bonds. The minimum Gasteiger partial charge on any atom is -0.340 e. The minimum atomic E-state index is -0.375. The third-order valence-electron chi connectivity index (χ3n) is 3.40. The first-order chi connectivity index (χ1) is 12.1. The van der Waals surface area contributed by atoms with Gasteiger partial charge in [-0.1, -0.05) is 18.2 Å². The second kappa shape index (κ2) is 7.53. The number of pyridine rings is 1. The van der Waals surface area contributed by atoms with E-state index in [0.29, 0.717) is 22.8 Å². The first kappa shape index (κ1) is 16.6. The van der Waals surface area contributed by atoms with E-state index in [1.54, 1.807) is 36.4 Å². The number of hydrogen-bond donors (Lipinski definition) is 2. The highest BCUT2D eigenvalue weighted by atomic mass is 19.1. The predicted octanol–water partition coefficient (Wildman–Crippen LogP) is 4.28. The molecule has 4 nitrogen and oxygen atoms in total. The van der Waals surface area contributed by atoms with Gasteiger partial charge in [-0.3, -0.25) is 4.79 Å². The maximum absolute atomic E-state index is 13.1. The maximum Gasteiger partial charge on any atom is 0.228 e. The predicted molar refractivity (Wildman–Crippen MR) is 92.7 cm³/mol. The Labute approximate surface area is 143 Å². The standard InChI is InChI=1S/C19H15F2N3O/c20-14-4-1-3-13(9-14)10-19(25)24-17-7-8-18(22-12-17)23-16-6-2-5-15(21)11-16/h1-9,11-12H,10H2,(H,22,23)(H,24,25). The number of carbonyl (C=O) groups excluding carboxylic acids is 1. The van der Waals surface area contributed by atoms with E-state index in [9.17, 15) is 13.6 Å². The zero-order valence-electron chi connectivity index (χ0n) is 13.2. The molecule has 0 saturated heterocycles. The number of nitrogens with one attached hydrogen (secondary N) is 2. The van der Waals surface area contributed by atoms with E-state index in [0.717, 1.165) is 0 Å². The summed E-state index contributed by atoms with van der Waals surface area (Å²) in [6.07, 6.45) is 1.56. The van der Waals surface area contributed by atoms with Gasteiger partial charge >= 0.3 is 0 Å². The van der Waals surface area contributed by atoms with E-state index in [-0.39, 0.29) is 24.0 Å². The van der Waals surface area contributed by atoms with Crippen LogP contribution >= 0.6 is 0 Å². The lowest BCUT2D eigenvalue weighted by molar-refractivity contribution is -0.115. The first-order valence-corrected chi connectivity index (χ1v) is 7.61. The Kier molecular flexibility index (Phi) is 4.99. The molecule has 3 rings (SSSR count). The fraction of sp³-hybridized carbons (Fsp3) is 0.0526. The average molecular weight is 339 g/mol.